The molecular formula is C14H28N2S. The van der Waals surface area contributed by atoms with Gasteiger partial charge in [-0.15, -0.1) is 0 Å². The second-order valence-corrected chi connectivity index (χ2v) is 5.76. The van der Waals surface area contributed by atoms with Crippen LogP contribution in [-0.4, -0.2) is 29.5 Å². The van der Waals surface area contributed by atoms with Gasteiger partial charge in [0.2, 0.25) is 0 Å². The Labute approximate surface area is 112 Å². The van der Waals surface area contributed by atoms with Gasteiger partial charge in [-0.2, -0.15) is 0 Å². The Morgan fingerprint density at radius 3 is 2.29 bits per heavy atom. The first kappa shape index (κ1) is 14.9. The SMILES string of the molecule is CCCCCCCCN1CCC(C(N)=S)CC1. The van der Waals surface area contributed by atoms with Crippen LogP contribution < -0.4 is 5.73 Å². The average molecular weight is 256 g/mol. The Balaban J connectivity index is 1.97. The van der Waals surface area contributed by atoms with Crippen LogP contribution in [0.5, 0.6) is 0 Å². The van der Waals surface area contributed by atoms with Gasteiger partial charge in [-0.1, -0.05) is 51.2 Å². The fourth-order valence-corrected chi connectivity index (χ4v) is 2.79. The van der Waals surface area contributed by atoms with Gasteiger partial charge in [0.1, 0.15) is 0 Å². The molecule has 0 bridgehead atoms. The minimum absolute atomic E-state index is 0.505. The quantitative estimate of drug-likeness (QED) is 0.533. The molecule has 100 valence electrons. The van der Waals surface area contributed by atoms with Crippen molar-refractivity contribution >= 4 is 17.2 Å². The molecule has 1 heterocycles. The van der Waals surface area contributed by atoms with Crippen molar-refractivity contribution in [1.29, 1.82) is 0 Å². The van der Waals surface area contributed by atoms with Crippen LogP contribution in [0.25, 0.3) is 0 Å². The molecule has 0 aliphatic carbocycles. The van der Waals surface area contributed by atoms with Crippen molar-refractivity contribution < 1.29 is 0 Å². The molecule has 2 nitrogen and oxygen atoms in total. The van der Waals surface area contributed by atoms with Crippen molar-refractivity contribution in [3.8, 4) is 0 Å². The van der Waals surface area contributed by atoms with E-state index in [0.29, 0.717) is 5.92 Å². The highest BCUT2D eigenvalue weighted by Crippen LogP contribution is 2.18. The molecule has 0 unspecified atom stereocenters. The summed E-state index contributed by atoms with van der Waals surface area (Å²) in [5, 5.41) is 0. The van der Waals surface area contributed by atoms with Gasteiger partial charge in [0.15, 0.2) is 0 Å². The molecule has 0 atom stereocenters. The van der Waals surface area contributed by atoms with Gasteiger partial charge in [0, 0.05) is 5.92 Å². The zero-order valence-electron chi connectivity index (χ0n) is 11.3. The first-order chi connectivity index (χ1) is 8.24. The first-order valence-corrected chi connectivity index (χ1v) is 7.66. The molecule has 1 aliphatic rings. The largest absolute Gasteiger partial charge is 0.393 e. The number of unbranched alkanes of at least 4 members (excludes halogenated alkanes) is 5. The summed E-state index contributed by atoms with van der Waals surface area (Å²) in [6, 6.07) is 0. The molecule has 17 heavy (non-hydrogen) atoms. The molecule has 1 fully saturated rings. The lowest BCUT2D eigenvalue weighted by Gasteiger charge is -2.31. The van der Waals surface area contributed by atoms with Gasteiger partial charge in [-0.3, -0.25) is 0 Å². The van der Waals surface area contributed by atoms with Crippen LogP contribution in [-0.2, 0) is 0 Å². The molecule has 0 radical (unpaired) electrons. The van der Waals surface area contributed by atoms with Crippen LogP contribution in [0.15, 0.2) is 0 Å². The Morgan fingerprint density at radius 2 is 1.71 bits per heavy atom. The van der Waals surface area contributed by atoms with Crippen LogP contribution in [0.1, 0.15) is 58.3 Å². The highest BCUT2D eigenvalue weighted by molar-refractivity contribution is 7.80. The van der Waals surface area contributed by atoms with Crippen molar-refractivity contribution in [1.82, 2.24) is 4.90 Å². The number of rotatable bonds is 8. The smallest absolute Gasteiger partial charge is 0.0759 e. The predicted octanol–water partition coefficient (Wildman–Crippen LogP) is 3.35. The van der Waals surface area contributed by atoms with Crippen LogP contribution >= 0.6 is 12.2 Å². The minimum atomic E-state index is 0.505. The van der Waals surface area contributed by atoms with Crippen LogP contribution in [0.3, 0.4) is 0 Å². The maximum Gasteiger partial charge on any atom is 0.0759 e. The highest BCUT2D eigenvalue weighted by atomic mass is 32.1. The summed E-state index contributed by atoms with van der Waals surface area (Å²) >= 11 is 5.06. The minimum Gasteiger partial charge on any atom is -0.393 e. The average Bonchev–Trinajstić information content (AvgIpc) is 2.34. The lowest BCUT2D eigenvalue weighted by atomic mass is 9.97. The topological polar surface area (TPSA) is 29.3 Å². The maximum atomic E-state index is 5.69. The summed E-state index contributed by atoms with van der Waals surface area (Å²) in [7, 11) is 0. The Kier molecular flexibility index (Phi) is 7.78. The second kappa shape index (κ2) is 8.87. The standard InChI is InChI=1S/C14H28N2S/c1-2-3-4-5-6-7-10-16-11-8-13(9-12-16)14(15)17/h13H,2-12H2,1H3,(H2,15,17). The Morgan fingerprint density at radius 1 is 1.12 bits per heavy atom. The van der Waals surface area contributed by atoms with Gasteiger partial charge >= 0.3 is 0 Å². The zero-order chi connectivity index (χ0) is 12.5. The van der Waals surface area contributed by atoms with Gasteiger partial charge in [-0.25, -0.2) is 0 Å². The molecule has 2 N–H and O–H groups in total. The van der Waals surface area contributed by atoms with E-state index in [1.807, 2.05) is 0 Å². The number of likely N-dealkylation sites (tertiary alicyclic amines) is 1. The van der Waals surface area contributed by atoms with Crippen LogP contribution in [0.2, 0.25) is 0 Å². The summed E-state index contributed by atoms with van der Waals surface area (Å²) in [4.78, 5) is 3.30. The Hall–Kier alpha value is -0.150. The number of hydrogen-bond donors (Lipinski definition) is 1. The van der Waals surface area contributed by atoms with E-state index in [-0.39, 0.29) is 0 Å². The summed E-state index contributed by atoms with van der Waals surface area (Å²) in [6.07, 6.45) is 10.7. The highest BCUT2D eigenvalue weighted by Gasteiger charge is 2.20. The molecule has 0 saturated carbocycles. The van der Waals surface area contributed by atoms with Crippen molar-refractivity contribution in [2.45, 2.75) is 58.3 Å². The summed E-state index contributed by atoms with van der Waals surface area (Å²) in [5.74, 6) is 0.505. The number of thiocarbonyl (C=S) groups is 1. The normalized spacial score (nSPS) is 18.4. The first-order valence-electron chi connectivity index (χ1n) is 7.25. The summed E-state index contributed by atoms with van der Waals surface area (Å²) in [5.41, 5.74) is 5.69. The predicted molar refractivity (Wildman–Crippen MR) is 79.3 cm³/mol. The van der Waals surface area contributed by atoms with Crippen LogP contribution in [0, 0.1) is 5.92 Å². The summed E-state index contributed by atoms with van der Waals surface area (Å²) in [6.45, 7) is 5.93. The van der Waals surface area contributed by atoms with Crippen molar-refractivity contribution in [3.05, 3.63) is 0 Å². The van der Waals surface area contributed by atoms with E-state index >= 15 is 0 Å². The Bertz CT molecular complexity index is 210. The van der Waals surface area contributed by atoms with Crippen LogP contribution in [0.4, 0.5) is 0 Å². The van der Waals surface area contributed by atoms with E-state index in [1.165, 1.54) is 71.0 Å². The second-order valence-electron chi connectivity index (χ2n) is 5.29. The third-order valence-electron chi connectivity index (χ3n) is 3.82. The third kappa shape index (κ3) is 6.37. The lowest BCUT2D eigenvalue weighted by Crippen LogP contribution is -2.38. The van der Waals surface area contributed by atoms with Crippen molar-refractivity contribution in [2.24, 2.45) is 11.7 Å². The van der Waals surface area contributed by atoms with Crippen molar-refractivity contribution in [2.75, 3.05) is 19.6 Å². The van der Waals surface area contributed by atoms with Gasteiger partial charge < -0.3 is 10.6 Å². The summed E-state index contributed by atoms with van der Waals surface area (Å²) < 4.78 is 0. The number of nitrogens with two attached hydrogens (primary N) is 1. The molecule has 1 rings (SSSR count). The molecule has 0 spiro atoms. The fourth-order valence-electron chi connectivity index (χ4n) is 2.56. The third-order valence-corrected chi connectivity index (χ3v) is 4.15. The van der Waals surface area contributed by atoms with Gasteiger partial charge in [-0.05, 0) is 38.9 Å². The molecule has 0 amide bonds. The van der Waals surface area contributed by atoms with Gasteiger partial charge in [0.25, 0.3) is 0 Å². The molecule has 0 aromatic heterocycles. The van der Waals surface area contributed by atoms with Gasteiger partial charge in [0.05, 0.1) is 4.99 Å². The fraction of sp³-hybridized carbons (Fsp3) is 0.929. The monoisotopic (exact) mass is 256 g/mol. The maximum absolute atomic E-state index is 5.69. The van der Waals surface area contributed by atoms with E-state index in [0.717, 1.165) is 4.99 Å². The lowest BCUT2D eigenvalue weighted by molar-refractivity contribution is 0.206. The van der Waals surface area contributed by atoms with E-state index in [1.54, 1.807) is 0 Å². The molecule has 0 aromatic rings. The number of nitrogens with zero attached hydrogens (tertiary/aromatic N) is 1. The van der Waals surface area contributed by atoms with E-state index in [9.17, 15) is 0 Å². The zero-order valence-corrected chi connectivity index (χ0v) is 12.1. The van der Waals surface area contributed by atoms with Crippen molar-refractivity contribution in [3.63, 3.8) is 0 Å². The molecule has 1 aliphatic heterocycles. The number of hydrogen-bond acceptors (Lipinski definition) is 2. The molecule has 1 saturated heterocycles. The molecule has 3 heteroatoms. The van der Waals surface area contributed by atoms with E-state index in [2.05, 4.69) is 11.8 Å². The van der Waals surface area contributed by atoms with E-state index < -0.39 is 0 Å². The molecular weight excluding hydrogens is 228 g/mol. The van der Waals surface area contributed by atoms with E-state index in [4.69, 9.17) is 18.0 Å². The molecule has 0 aromatic carbocycles. The number of piperidine rings is 1.